The fourth-order valence-electron chi connectivity index (χ4n) is 3.15. The Morgan fingerprint density at radius 1 is 1.04 bits per heavy atom. The molecule has 3 amide bonds. The number of para-hydroxylation sites is 2. The van der Waals surface area contributed by atoms with Crippen LogP contribution in [0.2, 0.25) is 0 Å². The first-order chi connectivity index (χ1) is 12.7. The van der Waals surface area contributed by atoms with Crippen LogP contribution in [0.1, 0.15) is 18.1 Å². The number of nitrogens with one attached hydrogen (secondary N) is 3. The van der Waals surface area contributed by atoms with E-state index in [2.05, 4.69) is 51.2 Å². The number of hydrogen-bond donors (Lipinski definition) is 3. The smallest absolute Gasteiger partial charge is 0.321 e. The lowest BCUT2D eigenvalue weighted by Gasteiger charge is -2.32. The number of amides is 3. The highest BCUT2D eigenvalue weighted by Gasteiger charge is 2.18. The summed E-state index contributed by atoms with van der Waals surface area (Å²) < 4.78 is 0. The highest BCUT2D eigenvalue weighted by atomic mass is 16.2. The second kappa shape index (κ2) is 8.38. The molecule has 3 rings (SSSR count). The summed E-state index contributed by atoms with van der Waals surface area (Å²) in [5.74, 6) is -0.366. The SMILES string of the molecule is CCNC(=O)NC(=O)CNc1ccccc1N1CCc2ccccc2C1. The van der Waals surface area contributed by atoms with Gasteiger partial charge in [0.1, 0.15) is 0 Å². The fraction of sp³-hybridized carbons (Fsp3) is 0.300. The largest absolute Gasteiger partial charge is 0.374 e. The van der Waals surface area contributed by atoms with Crippen molar-refractivity contribution in [2.45, 2.75) is 19.9 Å². The van der Waals surface area contributed by atoms with E-state index in [0.717, 1.165) is 30.9 Å². The summed E-state index contributed by atoms with van der Waals surface area (Å²) in [6.07, 6.45) is 1.00. The van der Waals surface area contributed by atoms with Crippen LogP contribution in [-0.4, -0.2) is 31.6 Å². The molecule has 0 radical (unpaired) electrons. The minimum absolute atomic E-state index is 0.0403. The minimum atomic E-state index is -0.472. The second-order valence-corrected chi connectivity index (χ2v) is 6.22. The van der Waals surface area contributed by atoms with E-state index in [9.17, 15) is 9.59 Å². The van der Waals surface area contributed by atoms with Gasteiger partial charge in [-0.25, -0.2) is 4.79 Å². The number of hydrogen-bond acceptors (Lipinski definition) is 4. The Labute approximate surface area is 153 Å². The van der Waals surface area contributed by atoms with Crippen molar-refractivity contribution in [1.82, 2.24) is 10.6 Å². The zero-order chi connectivity index (χ0) is 18.4. The molecule has 136 valence electrons. The number of imide groups is 1. The fourth-order valence-corrected chi connectivity index (χ4v) is 3.15. The van der Waals surface area contributed by atoms with Crippen molar-refractivity contribution in [2.24, 2.45) is 0 Å². The van der Waals surface area contributed by atoms with Gasteiger partial charge in [-0.05, 0) is 36.6 Å². The maximum Gasteiger partial charge on any atom is 0.321 e. The Kier molecular flexibility index (Phi) is 5.73. The lowest BCUT2D eigenvalue weighted by molar-refractivity contribution is -0.118. The first kappa shape index (κ1) is 17.8. The van der Waals surface area contributed by atoms with Gasteiger partial charge < -0.3 is 15.5 Å². The maximum atomic E-state index is 11.9. The molecule has 0 unspecified atom stereocenters. The summed E-state index contributed by atoms with van der Waals surface area (Å²) in [4.78, 5) is 25.6. The Hall–Kier alpha value is -3.02. The third-order valence-corrected chi connectivity index (χ3v) is 4.41. The van der Waals surface area contributed by atoms with Crippen LogP contribution in [-0.2, 0) is 17.8 Å². The van der Waals surface area contributed by atoms with E-state index in [1.807, 2.05) is 18.2 Å². The van der Waals surface area contributed by atoms with Crippen molar-refractivity contribution in [3.63, 3.8) is 0 Å². The quantitative estimate of drug-likeness (QED) is 0.773. The van der Waals surface area contributed by atoms with Gasteiger partial charge in [-0.3, -0.25) is 10.1 Å². The lowest BCUT2D eigenvalue weighted by Crippen LogP contribution is -2.42. The molecular weight excluding hydrogens is 328 g/mol. The van der Waals surface area contributed by atoms with E-state index >= 15 is 0 Å². The van der Waals surface area contributed by atoms with Crippen LogP contribution in [0.15, 0.2) is 48.5 Å². The van der Waals surface area contributed by atoms with Crippen LogP contribution >= 0.6 is 0 Å². The number of carbonyl (C=O) groups excluding carboxylic acids is 2. The van der Waals surface area contributed by atoms with E-state index in [-0.39, 0.29) is 12.5 Å². The Bertz CT molecular complexity index is 791. The topological polar surface area (TPSA) is 73.5 Å². The van der Waals surface area contributed by atoms with E-state index in [0.29, 0.717) is 6.54 Å². The van der Waals surface area contributed by atoms with Gasteiger partial charge in [0.25, 0.3) is 0 Å². The molecule has 3 N–H and O–H groups in total. The summed E-state index contributed by atoms with van der Waals surface area (Å²) in [6, 6.07) is 16.0. The number of urea groups is 1. The summed E-state index contributed by atoms with van der Waals surface area (Å²) in [5.41, 5.74) is 4.68. The summed E-state index contributed by atoms with van der Waals surface area (Å²) in [6.45, 7) is 4.10. The average Bonchev–Trinajstić information content (AvgIpc) is 2.66. The molecular formula is C20H24N4O2. The third-order valence-electron chi connectivity index (χ3n) is 4.41. The molecule has 0 fully saturated rings. The Morgan fingerprint density at radius 3 is 2.58 bits per heavy atom. The summed E-state index contributed by atoms with van der Waals surface area (Å²) in [7, 11) is 0. The zero-order valence-electron chi connectivity index (χ0n) is 14.9. The third kappa shape index (κ3) is 4.33. The van der Waals surface area contributed by atoms with Crippen molar-refractivity contribution in [3.8, 4) is 0 Å². The molecule has 6 heteroatoms. The number of anilines is 2. The molecule has 0 aromatic heterocycles. The van der Waals surface area contributed by atoms with Crippen LogP contribution in [0.5, 0.6) is 0 Å². The van der Waals surface area contributed by atoms with Crippen LogP contribution in [0.3, 0.4) is 0 Å². The number of carbonyl (C=O) groups is 2. The monoisotopic (exact) mass is 352 g/mol. The molecule has 26 heavy (non-hydrogen) atoms. The van der Waals surface area contributed by atoms with Gasteiger partial charge in [-0.1, -0.05) is 36.4 Å². The predicted octanol–water partition coefficient (Wildman–Crippen LogP) is 2.51. The Morgan fingerprint density at radius 2 is 1.77 bits per heavy atom. The first-order valence-electron chi connectivity index (χ1n) is 8.89. The zero-order valence-corrected chi connectivity index (χ0v) is 14.9. The van der Waals surface area contributed by atoms with Gasteiger partial charge in [0.05, 0.1) is 17.9 Å². The van der Waals surface area contributed by atoms with Crippen LogP contribution in [0, 0.1) is 0 Å². The van der Waals surface area contributed by atoms with Crippen molar-refractivity contribution in [1.29, 1.82) is 0 Å². The van der Waals surface area contributed by atoms with Crippen molar-refractivity contribution in [3.05, 3.63) is 59.7 Å². The highest BCUT2D eigenvalue weighted by Crippen LogP contribution is 2.30. The normalized spacial score (nSPS) is 12.9. The summed E-state index contributed by atoms with van der Waals surface area (Å²) in [5, 5.41) is 7.99. The van der Waals surface area contributed by atoms with Gasteiger partial charge in [0.15, 0.2) is 0 Å². The Balaban J connectivity index is 1.66. The van der Waals surface area contributed by atoms with Gasteiger partial charge in [-0.2, -0.15) is 0 Å². The van der Waals surface area contributed by atoms with Gasteiger partial charge in [0.2, 0.25) is 5.91 Å². The number of nitrogens with zero attached hydrogens (tertiary/aromatic N) is 1. The molecule has 0 bridgehead atoms. The van der Waals surface area contributed by atoms with Crippen molar-refractivity contribution in [2.75, 3.05) is 29.9 Å². The lowest BCUT2D eigenvalue weighted by atomic mass is 9.99. The summed E-state index contributed by atoms with van der Waals surface area (Å²) >= 11 is 0. The van der Waals surface area contributed by atoms with Gasteiger partial charge >= 0.3 is 6.03 Å². The minimum Gasteiger partial charge on any atom is -0.374 e. The van der Waals surface area contributed by atoms with E-state index in [1.165, 1.54) is 11.1 Å². The molecule has 1 aliphatic rings. The number of rotatable bonds is 5. The van der Waals surface area contributed by atoms with Gasteiger partial charge in [-0.15, -0.1) is 0 Å². The van der Waals surface area contributed by atoms with Crippen LogP contribution < -0.4 is 20.9 Å². The molecule has 0 saturated carbocycles. The molecule has 2 aromatic rings. The van der Waals surface area contributed by atoms with Gasteiger partial charge in [0, 0.05) is 19.6 Å². The van der Waals surface area contributed by atoms with E-state index < -0.39 is 6.03 Å². The molecule has 1 heterocycles. The maximum absolute atomic E-state index is 11.9. The van der Waals surface area contributed by atoms with Crippen molar-refractivity contribution >= 4 is 23.3 Å². The molecule has 2 aromatic carbocycles. The number of fused-ring (bicyclic) bond motifs is 1. The molecule has 6 nitrogen and oxygen atoms in total. The van der Waals surface area contributed by atoms with Crippen molar-refractivity contribution < 1.29 is 9.59 Å². The standard InChI is InChI=1S/C20H24N4O2/c1-2-21-20(26)23-19(25)13-22-17-9-5-6-10-18(17)24-12-11-15-7-3-4-8-16(15)14-24/h3-10,22H,2,11-14H2,1H3,(H2,21,23,25,26). The molecule has 0 atom stereocenters. The second-order valence-electron chi connectivity index (χ2n) is 6.22. The van der Waals surface area contributed by atoms with E-state index in [1.54, 1.807) is 6.92 Å². The predicted molar refractivity (Wildman–Crippen MR) is 103 cm³/mol. The van der Waals surface area contributed by atoms with E-state index in [4.69, 9.17) is 0 Å². The average molecular weight is 352 g/mol. The molecule has 0 aliphatic carbocycles. The first-order valence-corrected chi connectivity index (χ1v) is 8.89. The number of benzene rings is 2. The highest BCUT2D eigenvalue weighted by molar-refractivity contribution is 5.96. The molecule has 1 aliphatic heterocycles. The van der Waals surface area contributed by atoms with Crippen LogP contribution in [0.4, 0.5) is 16.2 Å². The molecule has 0 spiro atoms. The van der Waals surface area contributed by atoms with Crippen LogP contribution in [0.25, 0.3) is 0 Å². The molecule has 0 saturated heterocycles.